The second-order valence-corrected chi connectivity index (χ2v) is 10.5. The van der Waals surface area contributed by atoms with Crippen LogP contribution in [0.15, 0.2) is 29.2 Å². The van der Waals surface area contributed by atoms with Crippen molar-refractivity contribution in [2.75, 3.05) is 13.2 Å². The third-order valence-corrected chi connectivity index (χ3v) is 7.66. The molecule has 0 bridgehead atoms. The first kappa shape index (κ1) is 24.3. The number of hydrogen-bond donors (Lipinski definition) is 4. The zero-order valence-corrected chi connectivity index (χ0v) is 19.1. The number of aliphatic hydroxyl groups is 1. The molecule has 174 valence electrons. The van der Waals surface area contributed by atoms with Crippen molar-refractivity contribution < 1.29 is 23.1 Å². The van der Waals surface area contributed by atoms with E-state index in [1.165, 1.54) is 30.7 Å². The van der Waals surface area contributed by atoms with Crippen LogP contribution in [0, 0.1) is 0 Å². The van der Waals surface area contributed by atoms with Gasteiger partial charge in [-0.3, -0.25) is 0 Å². The van der Waals surface area contributed by atoms with Crippen LogP contribution in [0.5, 0.6) is 0 Å². The Hall–Kier alpha value is -1.39. The molecule has 1 saturated carbocycles. The van der Waals surface area contributed by atoms with Crippen molar-refractivity contribution in [2.24, 2.45) is 0 Å². The monoisotopic (exact) mass is 473 g/mol. The van der Waals surface area contributed by atoms with Crippen molar-refractivity contribution in [1.82, 2.24) is 15.4 Å². The van der Waals surface area contributed by atoms with Crippen molar-refractivity contribution in [2.45, 2.75) is 80.6 Å². The van der Waals surface area contributed by atoms with Gasteiger partial charge in [-0.2, -0.15) is 0 Å². The van der Waals surface area contributed by atoms with E-state index in [2.05, 4.69) is 15.4 Å². The lowest BCUT2D eigenvalue weighted by atomic mass is 9.95. The smallest absolute Gasteiger partial charge is 0.315 e. The number of hydrogen-bond acceptors (Lipinski definition) is 5. The minimum absolute atomic E-state index is 0.155. The fourth-order valence-electron chi connectivity index (χ4n) is 4.20. The Morgan fingerprint density at radius 1 is 1.06 bits per heavy atom. The van der Waals surface area contributed by atoms with E-state index in [4.69, 9.17) is 16.3 Å². The molecule has 1 aliphatic carbocycles. The minimum atomic E-state index is -3.62. The zero-order chi connectivity index (χ0) is 22.3. The highest BCUT2D eigenvalue weighted by Crippen LogP contribution is 2.22. The first-order valence-electron chi connectivity index (χ1n) is 11.0. The minimum Gasteiger partial charge on any atom is -0.394 e. The number of ether oxygens (including phenoxy) is 1. The maximum Gasteiger partial charge on any atom is 0.315 e. The molecule has 8 nitrogen and oxygen atoms in total. The molecule has 2 fully saturated rings. The number of sulfonamides is 1. The van der Waals surface area contributed by atoms with Crippen molar-refractivity contribution in [3.8, 4) is 0 Å². The summed E-state index contributed by atoms with van der Waals surface area (Å²) in [6.45, 7) is 0.00934. The lowest BCUT2D eigenvalue weighted by molar-refractivity contribution is -0.0887. The fourth-order valence-corrected chi connectivity index (χ4v) is 5.38. The van der Waals surface area contributed by atoms with Gasteiger partial charge in [-0.25, -0.2) is 17.9 Å². The molecule has 0 spiro atoms. The molecule has 0 radical (unpaired) electrons. The van der Waals surface area contributed by atoms with Gasteiger partial charge in [0.05, 0.1) is 23.6 Å². The van der Waals surface area contributed by atoms with Crippen LogP contribution in [0.2, 0.25) is 5.02 Å². The average molecular weight is 474 g/mol. The average Bonchev–Trinajstić information content (AvgIpc) is 2.75. The molecule has 1 aromatic carbocycles. The third-order valence-electron chi connectivity index (χ3n) is 5.93. The summed E-state index contributed by atoms with van der Waals surface area (Å²) in [5.74, 6) is 0. The van der Waals surface area contributed by atoms with Crippen LogP contribution < -0.4 is 15.4 Å². The molecular formula is C21H32ClN3O5S. The maximum absolute atomic E-state index is 12.4. The van der Waals surface area contributed by atoms with Crippen molar-refractivity contribution >= 4 is 27.7 Å². The normalized spacial score (nSPS) is 25.2. The number of carbonyl (C=O) groups is 1. The standard InChI is InChI=1S/C21H32ClN3O5S/c22-15-6-9-18(10-7-15)31(28,29)23-13-12-17-8-11-19(20(14-26)30-17)25-21(27)24-16-4-2-1-3-5-16/h6-7,9-10,16-17,19-20,23,26H,1-5,8,11-14H2,(H2,24,25,27)/t17-,19+,20+/m0/s1. The molecule has 1 aromatic rings. The number of halogens is 1. The molecule has 2 aliphatic rings. The Labute approximate surface area is 189 Å². The predicted molar refractivity (Wildman–Crippen MR) is 119 cm³/mol. The van der Waals surface area contributed by atoms with Crippen LogP contribution in [0.1, 0.15) is 51.4 Å². The lowest BCUT2D eigenvalue weighted by Gasteiger charge is -2.36. The van der Waals surface area contributed by atoms with E-state index in [0.717, 1.165) is 25.7 Å². The number of aliphatic hydroxyl groups excluding tert-OH is 1. The topological polar surface area (TPSA) is 117 Å². The lowest BCUT2D eigenvalue weighted by Crippen LogP contribution is -2.55. The highest BCUT2D eigenvalue weighted by atomic mass is 35.5. The van der Waals surface area contributed by atoms with Gasteiger partial charge in [0.2, 0.25) is 10.0 Å². The van der Waals surface area contributed by atoms with Gasteiger partial charge in [0.25, 0.3) is 0 Å². The molecule has 2 amide bonds. The molecule has 0 aromatic heterocycles. The summed E-state index contributed by atoms with van der Waals surface area (Å²) in [5.41, 5.74) is 0. The Morgan fingerprint density at radius 2 is 1.77 bits per heavy atom. The first-order valence-corrected chi connectivity index (χ1v) is 12.8. The SMILES string of the molecule is O=C(NC1CCCCC1)N[C@@H]1CC[C@@H](CCNS(=O)(=O)c2ccc(Cl)cc2)O[C@@H]1CO. The number of benzene rings is 1. The van der Waals surface area contributed by atoms with E-state index in [-0.39, 0.29) is 42.3 Å². The third kappa shape index (κ3) is 7.32. The molecule has 1 heterocycles. The predicted octanol–water partition coefficient (Wildman–Crippen LogP) is 2.55. The summed E-state index contributed by atoms with van der Waals surface area (Å²) in [7, 11) is -3.62. The van der Waals surface area contributed by atoms with E-state index in [0.29, 0.717) is 24.3 Å². The number of carbonyl (C=O) groups excluding carboxylic acids is 1. The van der Waals surface area contributed by atoms with Crippen LogP contribution >= 0.6 is 11.6 Å². The van der Waals surface area contributed by atoms with Gasteiger partial charge in [-0.15, -0.1) is 0 Å². The van der Waals surface area contributed by atoms with Crippen molar-refractivity contribution in [1.29, 1.82) is 0 Å². The first-order chi connectivity index (χ1) is 14.9. The largest absolute Gasteiger partial charge is 0.394 e. The van der Waals surface area contributed by atoms with Crippen molar-refractivity contribution in [3.05, 3.63) is 29.3 Å². The number of nitrogens with one attached hydrogen (secondary N) is 3. The maximum atomic E-state index is 12.4. The zero-order valence-electron chi connectivity index (χ0n) is 17.6. The summed E-state index contributed by atoms with van der Waals surface area (Å²) in [5, 5.41) is 16.1. The molecule has 1 aliphatic heterocycles. The fraction of sp³-hybridized carbons (Fsp3) is 0.667. The van der Waals surface area contributed by atoms with E-state index >= 15 is 0 Å². The van der Waals surface area contributed by atoms with Gasteiger partial charge < -0.3 is 20.5 Å². The van der Waals surface area contributed by atoms with Gasteiger partial charge >= 0.3 is 6.03 Å². The highest BCUT2D eigenvalue weighted by molar-refractivity contribution is 7.89. The molecule has 4 N–H and O–H groups in total. The van der Waals surface area contributed by atoms with E-state index < -0.39 is 16.1 Å². The van der Waals surface area contributed by atoms with Gasteiger partial charge in [0, 0.05) is 17.6 Å². The molecule has 3 atom stereocenters. The van der Waals surface area contributed by atoms with E-state index in [9.17, 15) is 18.3 Å². The summed E-state index contributed by atoms with van der Waals surface area (Å²) >= 11 is 5.80. The number of urea groups is 1. The molecule has 31 heavy (non-hydrogen) atoms. The van der Waals surface area contributed by atoms with Crippen molar-refractivity contribution in [3.63, 3.8) is 0 Å². The second-order valence-electron chi connectivity index (χ2n) is 8.26. The summed E-state index contributed by atoms with van der Waals surface area (Å²) < 4.78 is 33.2. The summed E-state index contributed by atoms with van der Waals surface area (Å²) in [6.07, 6.45) is 6.63. The molecule has 3 rings (SSSR count). The summed E-state index contributed by atoms with van der Waals surface area (Å²) in [4.78, 5) is 12.5. The molecule has 0 unspecified atom stereocenters. The molecule has 1 saturated heterocycles. The van der Waals surface area contributed by atoms with Gasteiger partial charge in [0.1, 0.15) is 6.10 Å². The van der Waals surface area contributed by atoms with E-state index in [1.54, 1.807) is 0 Å². The van der Waals surface area contributed by atoms with Gasteiger partial charge in [0.15, 0.2) is 0 Å². The second kappa shape index (κ2) is 11.5. The number of amides is 2. The van der Waals surface area contributed by atoms with E-state index in [1.807, 2.05) is 0 Å². The highest BCUT2D eigenvalue weighted by Gasteiger charge is 2.32. The van der Waals surface area contributed by atoms with Crippen LogP contribution in [0.3, 0.4) is 0 Å². The molecular weight excluding hydrogens is 442 g/mol. The summed E-state index contributed by atoms with van der Waals surface area (Å²) in [6, 6.07) is 5.71. The Morgan fingerprint density at radius 3 is 2.45 bits per heavy atom. The Balaban J connectivity index is 1.42. The quantitative estimate of drug-likeness (QED) is 0.463. The van der Waals surface area contributed by atoms with Gasteiger partial charge in [-0.05, 0) is 56.4 Å². The number of rotatable bonds is 8. The van der Waals surface area contributed by atoms with Crippen LogP contribution in [-0.2, 0) is 14.8 Å². The Bertz CT molecular complexity index is 815. The van der Waals surface area contributed by atoms with Crippen LogP contribution in [-0.4, -0.2) is 57.0 Å². The van der Waals surface area contributed by atoms with Gasteiger partial charge in [-0.1, -0.05) is 30.9 Å². The Kier molecular flexibility index (Phi) is 8.97. The molecule has 10 heteroatoms. The van der Waals surface area contributed by atoms with Crippen LogP contribution in [0.4, 0.5) is 4.79 Å². The van der Waals surface area contributed by atoms with Crippen LogP contribution in [0.25, 0.3) is 0 Å².